The maximum absolute atomic E-state index is 11.7. The number of rotatable bonds is 3. The third kappa shape index (κ3) is 4.16. The van der Waals surface area contributed by atoms with Crippen LogP contribution in [0, 0.1) is 0 Å². The molecule has 1 amide bonds. The largest absolute Gasteiger partial charge is 0.399 e. The van der Waals surface area contributed by atoms with Crippen LogP contribution in [0.15, 0.2) is 54.6 Å². The number of amides is 1. The van der Waals surface area contributed by atoms with Crippen molar-refractivity contribution in [3.05, 3.63) is 65.2 Å². The second-order valence-electron chi connectivity index (χ2n) is 4.00. The molecule has 0 saturated heterocycles. The number of nitrogens with one attached hydrogen (secondary N) is 1. The maximum atomic E-state index is 11.7. The molecule has 0 fully saturated rings. The molecule has 2 rings (SSSR count). The van der Waals surface area contributed by atoms with Gasteiger partial charge in [0.15, 0.2) is 0 Å². The summed E-state index contributed by atoms with van der Waals surface area (Å²) in [7, 11) is 0. The van der Waals surface area contributed by atoms with E-state index in [-0.39, 0.29) is 5.91 Å². The van der Waals surface area contributed by atoms with E-state index in [1.54, 1.807) is 42.5 Å². The Bertz CT molecular complexity index is 606. The van der Waals surface area contributed by atoms with Gasteiger partial charge in [0.25, 0.3) is 0 Å². The number of nitrogen functional groups attached to an aromatic ring is 1. The molecule has 19 heavy (non-hydrogen) atoms. The van der Waals surface area contributed by atoms with Crippen LogP contribution in [0.1, 0.15) is 5.56 Å². The molecule has 0 spiro atoms. The summed E-state index contributed by atoms with van der Waals surface area (Å²) < 4.78 is 0. The van der Waals surface area contributed by atoms with Gasteiger partial charge in [0.1, 0.15) is 0 Å². The summed E-state index contributed by atoms with van der Waals surface area (Å²) in [5, 5.41) is 3.40. The van der Waals surface area contributed by atoms with Gasteiger partial charge in [-0.2, -0.15) is 0 Å². The molecule has 0 saturated carbocycles. The van der Waals surface area contributed by atoms with Gasteiger partial charge in [-0.15, -0.1) is 0 Å². The molecule has 4 heteroatoms. The predicted molar refractivity (Wildman–Crippen MR) is 80.0 cm³/mol. The van der Waals surface area contributed by atoms with Crippen molar-refractivity contribution in [3.8, 4) is 0 Å². The Labute approximate surface area is 116 Å². The van der Waals surface area contributed by atoms with Crippen molar-refractivity contribution in [2.24, 2.45) is 0 Å². The molecule has 2 aromatic rings. The Morgan fingerprint density at radius 3 is 2.58 bits per heavy atom. The minimum atomic E-state index is -0.208. The van der Waals surface area contributed by atoms with E-state index in [1.165, 1.54) is 6.08 Å². The maximum Gasteiger partial charge on any atom is 0.248 e. The monoisotopic (exact) mass is 272 g/mol. The molecule has 3 N–H and O–H groups in total. The highest BCUT2D eigenvalue weighted by Gasteiger charge is 1.98. The third-order valence-electron chi connectivity index (χ3n) is 2.45. The first-order valence-electron chi connectivity index (χ1n) is 5.74. The van der Waals surface area contributed by atoms with E-state index < -0.39 is 0 Å². The summed E-state index contributed by atoms with van der Waals surface area (Å²) in [6.07, 6.45) is 3.18. The van der Waals surface area contributed by atoms with Crippen LogP contribution in [-0.4, -0.2) is 5.91 Å². The zero-order chi connectivity index (χ0) is 13.7. The van der Waals surface area contributed by atoms with Gasteiger partial charge in [0.2, 0.25) is 5.91 Å². The minimum absolute atomic E-state index is 0.208. The van der Waals surface area contributed by atoms with Gasteiger partial charge in [0.05, 0.1) is 0 Å². The lowest BCUT2D eigenvalue weighted by Gasteiger charge is -2.02. The summed E-state index contributed by atoms with van der Waals surface area (Å²) in [4.78, 5) is 11.7. The van der Waals surface area contributed by atoms with Crippen LogP contribution < -0.4 is 11.1 Å². The fraction of sp³-hybridized carbons (Fsp3) is 0. The number of hydrogen-bond donors (Lipinski definition) is 2. The Morgan fingerprint density at radius 2 is 1.89 bits per heavy atom. The zero-order valence-corrected chi connectivity index (χ0v) is 10.9. The lowest BCUT2D eigenvalue weighted by molar-refractivity contribution is -0.111. The highest BCUT2D eigenvalue weighted by atomic mass is 35.5. The fourth-order valence-electron chi connectivity index (χ4n) is 1.55. The van der Waals surface area contributed by atoms with Crippen molar-refractivity contribution >= 4 is 35.0 Å². The van der Waals surface area contributed by atoms with Crippen LogP contribution in [0.3, 0.4) is 0 Å². The smallest absolute Gasteiger partial charge is 0.248 e. The molecule has 0 radical (unpaired) electrons. The van der Waals surface area contributed by atoms with Crippen LogP contribution in [0.2, 0.25) is 5.02 Å². The van der Waals surface area contributed by atoms with Gasteiger partial charge in [-0.1, -0.05) is 29.8 Å². The average molecular weight is 273 g/mol. The number of nitrogens with two attached hydrogens (primary N) is 1. The summed E-state index contributed by atoms with van der Waals surface area (Å²) >= 11 is 5.78. The van der Waals surface area contributed by atoms with E-state index in [0.29, 0.717) is 16.4 Å². The molecule has 0 heterocycles. The van der Waals surface area contributed by atoms with E-state index >= 15 is 0 Å². The molecule has 0 aliphatic heterocycles. The highest BCUT2D eigenvalue weighted by Crippen LogP contribution is 2.13. The number of hydrogen-bond acceptors (Lipinski definition) is 2. The molecule has 2 aromatic carbocycles. The lowest BCUT2D eigenvalue weighted by Crippen LogP contribution is -2.07. The Hall–Kier alpha value is -2.26. The summed E-state index contributed by atoms with van der Waals surface area (Å²) in [6, 6.07) is 14.3. The van der Waals surface area contributed by atoms with Crippen LogP contribution in [-0.2, 0) is 4.79 Å². The molecular formula is C15H13ClN2O. The van der Waals surface area contributed by atoms with E-state index in [4.69, 9.17) is 17.3 Å². The Kier molecular flexibility index (Phi) is 4.21. The van der Waals surface area contributed by atoms with Crippen molar-refractivity contribution in [1.29, 1.82) is 0 Å². The van der Waals surface area contributed by atoms with Crippen LogP contribution >= 0.6 is 11.6 Å². The van der Waals surface area contributed by atoms with E-state index in [1.807, 2.05) is 12.1 Å². The van der Waals surface area contributed by atoms with Crippen molar-refractivity contribution in [1.82, 2.24) is 0 Å². The number of benzene rings is 2. The standard InChI is InChI=1S/C15H13ClN2O/c16-12-7-4-11(5-8-12)6-9-15(19)18-14-3-1-2-13(17)10-14/h1-10H,17H2,(H,18,19). The topological polar surface area (TPSA) is 55.1 Å². The van der Waals surface area contributed by atoms with Crippen LogP contribution in [0.25, 0.3) is 6.08 Å². The zero-order valence-electron chi connectivity index (χ0n) is 10.1. The van der Waals surface area contributed by atoms with Gasteiger partial charge >= 0.3 is 0 Å². The third-order valence-corrected chi connectivity index (χ3v) is 2.70. The van der Waals surface area contributed by atoms with Gasteiger partial charge < -0.3 is 11.1 Å². The average Bonchev–Trinajstić information content (AvgIpc) is 2.38. The van der Waals surface area contributed by atoms with Gasteiger partial charge in [0, 0.05) is 22.5 Å². The fourth-order valence-corrected chi connectivity index (χ4v) is 1.67. The van der Waals surface area contributed by atoms with E-state index in [2.05, 4.69) is 5.32 Å². The highest BCUT2D eigenvalue weighted by molar-refractivity contribution is 6.30. The summed E-state index contributed by atoms with van der Waals surface area (Å²) in [5.41, 5.74) is 7.82. The van der Waals surface area contributed by atoms with Gasteiger partial charge in [-0.3, -0.25) is 4.79 Å². The van der Waals surface area contributed by atoms with Crippen molar-refractivity contribution < 1.29 is 4.79 Å². The second-order valence-corrected chi connectivity index (χ2v) is 4.44. The quantitative estimate of drug-likeness (QED) is 0.663. The number of carbonyl (C=O) groups is 1. The first-order chi connectivity index (χ1) is 9.13. The Morgan fingerprint density at radius 1 is 1.16 bits per heavy atom. The normalized spacial score (nSPS) is 10.6. The SMILES string of the molecule is Nc1cccc(NC(=O)C=Cc2ccc(Cl)cc2)c1. The minimum Gasteiger partial charge on any atom is -0.399 e. The van der Waals surface area contributed by atoms with Gasteiger partial charge in [-0.05, 0) is 42.0 Å². The predicted octanol–water partition coefficient (Wildman–Crippen LogP) is 3.57. The van der Waals surface area contributed by atoms with E-state index in [9.17, 15) is 4.79 Å². The van der Waals surface area contributed by atoms with Crippen molar-refractivity contribution in [2.45, 2.75) is 0 Å². The van der Waals surface area contributed by atoms with Crippen molar-refractivity contribution in [2.75, 3.05) is 11.1 Å². The van der Waals surface area contributed by atoms with Crippen LogP contribution in [0.5, 0.6) is 0 Å². The Balaban J connectivity index is 1.99. The first-order valence-corrected chi connectivity index (χ1v) is 6.11. The van der Waals surface area contributed by atoms with E-state index in [0.717, 1.165) is 5.56 Å². The number of halogens is 1. The molecule has 0 bridgehead atoms. The molecule has 0 aliphatic rings. The molecular weight excluding hydrogens is 260 g/mol. The first kappa shape index (κ1) is 13.2. The molecule has 96 valence electrons. The van der Waals surface area contributed by atoms with Gasteiger partial charge in [-0.25, -0.2) is 0 Å². The molecule has 0 atom stereocenters. The molecule has 0 unspecified atom stereocenters. The lowest BCUT2D eigenvalue weighted by atomic mass is 10.2. The molecule has 3 nitrogen and oxygen atoms in total. The molecule has 0 aliphatic carbocycles. The molecule has 0 aromatic heterocycles. The summed E-state index contributed by atoms with van der Waals surface area (Å²) in [6.45, 7) is 0. The van der Waals surface area contributed by atoms with Crippen molar-refractivity contribution in [3.63, 3.8) is 0 Å². The second kappa shape index (κ2) is 6.07. The number of anilines is 2. The summed E-state index contributed by atoms with van der Waals surface area (Å²) in [5.74, 6) is -0.208. The van der Waals surface area contributed by atoms with Crippen LogP contribution in [0.4, 0.5) is 11.4 Å². The number of carbonyl (C=O) groups excluding carboxylic acids is 1.